The molecule has 6 nitrogen and oxygen atoms in total. The standard InChI is InChI=1S/C21H20N2O4/c1-21(13-14-5-2-3-6-17(14)19(25)27-21)20(26)22-15-8-10-16(11-9-15)23-12-4-7-18(23)24/h2-3,5-6,8-11H,4,7,12-13H2,1H3,(H,22,26). The first-order valence-corrected chi connectivity index (χ1v) is 8.99. The predicted octanol–water partition coefficient (Wildman–Crippen LogP) is 2.92. The minimum atomic E-state index is -1.27. The Hall–Kier alpha value is -3.15. The minimum absolute atomic E-state index is 0.118. The minimum Gasteiger partial charge on any atom is -0.445 e. The molecule has 2 aliphatic heterocycles. The molecule has 0 saturated carbocycles. The summed E-state index contributed by atoms with van der Waals surface area (Å²) in [5, 5.41) is 2.81. The van der Waals surface area contributed by atoms with E-state index in [9.17, 15) is 14.4 Å². The SMILES string of the molecule is CC1(C(=O)Nc2ccc(N3CCCC3=O)cc2)Cc2ccccc2C(=O)O1. The number of cyclic esters (lactones) is 1. The van der Waals surface area contributed by atoms with Crippen molar-refractivity contribution in [3.63, 3.8) is 0 Å². The van der Waals surface area contributed by atoms with Crippen LogP contribution >= 0.6 is 0 Å². The van der Waals surface area contributed by atoms with E-state index in [1.807, 2.05) is 24.3 Å². The summed E-state index contributed by atoms with van der Waals surface area (Å²) in [6, 6.07) is 14.3. The lowest BCUT2D eigenvalue weighted by Gasteiger charge is -2.33. The maximum atomic E-state index is 12.8. The molecule has 0 aromatic heterocycles. The van der Waals surface area contributed by atoms with Crippen LogP contribution in [0.25, 0.3) is 0 Å². The van der Waals surface area contributed by atoms with E-state index in [2.05, 4.69) is 5.32 Å². The van der Waals surface area contributed by atoms with Gasteiger partial charge in [-0.1, -0.05) is 18.2 Å². The zero-order chi connectivity index (χ0) is 19.0. The van der Waals surface area contributed by atoms with Gasteiger partial charge < -0.3 is 15.0 Å². The highest BCUT2D eigenvalue weighted by molar-refractivity contribution is 6.02. The average Bonchev–Trinajstić information content (AvgIpc) is 3.08. The second-order valence-electron chi connectivity index (χ2n) is 7.10. The van der Waals surface area contributed by atoms with Gasteiger partial charge in [0.25, 0.3) is 5.91 Å². The molecule has 0 bridgehead atoms. The van der Waals surface area contributed by atoms with Crippen LogP contribution in [-0.4, -0.2) is 29.9 Å². The Morgan fingerprint density at radius 2 is 1.85 bits per heavy atom. The van der Waals surface area contributed by atoms with E-state index in [0.29, 0.717) is 24.1 Å². The Labute approximate surface area is 157 Å². The molecule has 1 atom stereocenters. The van der Waals surface area contributed by atoms with Crippen LogP contribution in [0.2, 0.25) is 0 Å². The van der Waals surface area contributed by atoms with Gasteiger partial charge in [0.05, 0.1) is 5.56 Å². The molecule has 1 N–H and O–H groups in total. The van der Waals surface area contributed by atoms with Crippen molar-refractivity contribution < 1.29 is 19.1 Å². The van der Waals surface area contributed by atoms with E-state index >= 15 is 0 Å². The summed E-state index contributed by atoms with van der Waals surface area (Å²) in [4.78, 5) is 38.6. The number of hydrogen-bond donors (Lipinski definition) is 1. The summed E-state index contributed by atoms with van der Waals surface area (Å²) in [5.74, 6) is -0.750. The highest BCUT2D eigenvalue weighted by atomic mass is 16.6. The van der Waals surface area contributed by atoms with Crippen LogP contribution in [0.1, 0.15) is 35.7 Å². The van der Waals surface area contributed by atoms with Gasteiger partial charge in [-0.3, -0.25) is 9.59 Å². The fraction of sp³-hybridized carbons (Fsp3) is 0.286. The van der Waals surface area contributed by atoms with Gasteiger partial charge in [0, 0.05) is 30.8 Å². The molecule has 4 rings (SSSR count). The fourth-order valence-corrected chi connectivity index (χ4v) is 3.57. The zero-order valence-corrected chi connectivity index (χ0v) is 15.0. The lowest BCUT2D eigenvalue weighted by atomic mass is 9.89. The molecule has 1 fully saturated rings. The van der Waals surface area contributed by atoms with Crippen molar-refractivity contribution in [1.82, 2.24) is 0 Å². The number of anilines is 2. The first-order chi connectivity index (χ1) is 13.0. The molecule has 6 heteroatoms. The predicted molar refractivity (Wildman–Crippen MR) is 101 cm³/mol. The summed E-state index contributed by atoms with van der Waals surface area (Å²) in [6.07, 6.45) is 1.76. The number of carbonyl (C=O) groups excluding carboxylic acids is 3. The van der Waals surface area contributed by atoms with Crippen molar-refractivity contribution >= 4 is 29.2 Å². The number of esters is 1. The summed E-state index contributed by atoms with van der Waals surface area (Å²) in [7, 11) is 0. The van der Waals surface area contributed by atoms with Gasteiger partial charge in [0.1, 0.15) is 0 Å². The van der Waals surface area contributed by atoms with E-state index in [0.717, 1.165) is 24.2 Å². The van der Waals surface area contributed by atoms with Gasteiger partial charge >= 0.3 is 5.97 Å². The van der Waals surface area contributed by atoms with Crippen molar-refractivity contribution in [3.8, 4) is 0 Å². The Kier molecular flexibility index (Phi) is 4.18. The van der Waals surface area contributed by atoms with Crippen LogP contribution < -0.4 is 10.2 Å². The monoisotopic (exact) mass is 364 g/mol. The quantitative estimate of drug-likeness (QED) is 0.850. The second kappa shape index (κ2) is 6.54. The number of fused-ring (bicyclic) bond motifs is 1. The summed E-state index contributed by atoms with van der Waals surface area (Å²) in [5.41, 5.74) is 1.44. The zero-order valence-electron chi connectivity index (χ0n) is 15.0. The number of hydrogen-bond acceptors (Lipinski definition) is 4. The number of nitrogens with zero attached hydrogens (tertiary/aromatic N) is 1. The average molecular weight is 364 g/mol. The number of ether oxygens (including phenoxy) is 1. The van der Waals surface area contributed by atoms with Crippen LogP contribution in [0.3, 0.4) is 0 Å². The van der Waals surface area contributed by atoms with Gasteiger partial charge in [-0.15, -0.1) is 0 Å². The molecule has 2 aromatic carbocycles. The van der Waals surface area contributed by atoms with Gasteiger partial charge in [0.15, 0.2) is 5.60 Å². The Morgan fingerprint density at radius 1 is 1.11 bits per heavy atom. The molecule has 2 aliphatic rings. The van der Waals surface area contributed by atoms with E-state index in [4.69, 9.17) is 4.74 Å². The number of amides is 2. The topological polar surface area (TPSA) is 75.7 Å². The Bertz CT molecular complexity index is 922. The molecular formula is C21H20N2O4. The third-order valence-electron chi connectivity index (χ3n) is 5.07. The molecule has 2 amide bonds. The van der Waals surface area contributed by atoms with E-state index in [-0.39, 0.29) is 11.8 Å². The molecule has 1 saturated heterocycles. The molecular weight excluding hydrogens is 344 g/mol. The highest BCUT2D eigenvalue weighted by Crippen LogP contribution is 2.30. The highest BCUT2D eigenvalue weighted by Gasteiger charge is 2.42. The van der Waals surface area contributed by atoms with Crippen molar-refractivity contribution in [2.75, 3.05) is 16.8 Å². The smallest absolute Gasteiger partial charge is 0.339 e. The van der Waals surface area contributed by atoms with Gasteiger partial charge in [-0.25, -0.2) is 4.79 Å². The van der Waals surface area contributed by atoms with Crippen LogP contribution in [0.4, 0.5) is 11.4 Å². The van der Waals surface area contributed by atoms with Crippen molar-refractivity contribution in [3.05, 3.63) is 59.7 Å². The summed E-state index contributed by atoms with van der Waals surface area (Å²) >= 11 is 0. The third-order valence-corrected chi connectivity index (χ3v) is 5.07. The molecule has 138 valence electrons. The van der Waals surface area contributed by atoms with Crippen molar-refractivity contribution in [2.24, 2.45) is 0 Å². The molecule has 1 unspecified atom stereocenters. The number of carbonyl (C=O) groups is 3. The molecule has 0 radical (unpaired) electrons. The van der Waals surface area contributed by atoms with Crippen molar-refractivity contribution in [1.29, 1.82) is 0 Å². The second-order valence-corrected chi connectivity index (χ2v) is 7.10. The van der Waals surface area contributed by atoms with E-state index in [1.165, 1.54) is 0 Å². The molecule has 2 aromatic rings. The van der Waals surface area contributed by atoms with Crippen LogP contribution in [0, 0.1) is 0 Å². The molecule has 0 aliphatic carbocycles. The Morgan fingerprint density at radius 3 is 2.56 bits per heavy atom. The maximum Gasteiger partial charge on any atom is 0.339 e. The van der Waals surface area contributed by atoms with Crippen LogP contribution in [0.5, 0.6) is 0 Å². The van der Waals surface area contributed by atoms with E-state index in [1.54, 1.807) is 36.1 Å². The third kappa shape index (κ3) is 3.18. The first kappa shape index (κ1) is 17.3. The Balaban J connectivity index is 1.49. The molecule has 0 spiro atoms. The van der Waals surface area contributed by atoms with Crippen LogP contribution in [0.15, 0.2) is 48.5 Å². The summed E-state index contributed by atoms with van der Waals surface area (Å²) < 4.78 is 5.45. The van der Waals surface area contributed by atoms with E-state index < -0.39 is 11.6 Å². The number of nitrogens with one attached hydrogen (secondary N) is 1. The van der Waals surface area contributed by atoms with Gasteiger partial charge in [0.2, 0.25) is 5.91 Å². The number of rotatable bonds is 3. The largest absolute Gasteiger partial charge is 0.445 e. The van der Waals surface area contributed by atoms with Crippen LogP contribution in [-0.2, 0) is 20.7 Å². The lowest BCUT2D eigenvalue weighted by molar-refractivity contribution is -0.134. The van der Waals surface area contributed by atoms with Gasteiger partial charge in [-0.2, -0.15) is 0 Å². The summed E-state index contributed by atoms with van der Waals surface area (Å²) in [6.45, 7) is 2.34. The molecule has 2 heterocycles. The fourth-order valence-electron chi connectivity index (χ4n) is 3.57. The maximum absolute atomic E-state index is 12.8. The van der Waals surface area contributed by atoms with Gasteiger partial charge in [-0.05, 0) is 49.2 Å². The molecule has 27 heavy (non-hydrogen) atoms. The lowest BCUT2D eigenvalue weighted by Crippen LogP contribution is -2.48. The first-order valence-electron chi connectivity index (χ1n) is 8.99. The normalized spacial score (nSPS) is 21.6. The number of benzene rings is 2. The van der Waals surface area contributed by atoms with Crippen molar-refractivity contribution in [2.45, 2.75) is 31.8 Å².